The van der Waals surface area contributed by atoms with Crippen molar-refractivity contribution in [2.75, 3.05) is 17.2 Å². The van der Waals surface area contributed by atoms with Crippen molar-refractivity contribution in [2.45, 2.75) is 46.0 Å². The number of hydrogen-bond acceptors (Lipinski definition) is 2. The van der Waals surface area contributed by atoms with Gasteiger partial charge in [0.15, 0.2) is 0 Å². The van der Waals surface area contributed by atoms with E-state index >= 15 is 0 Å². The minimum Gasteiger partial charge on any atom is -0.311 e. The molecule has 2 rings (SSSR count). The average Bonchev–Trinajstić information content (AvgIpc) is 2.75. The Kier molecular flexibility index (Phi) is 5.61. The molecule has 2 nitrogen and oxygen atoms in total. The predicted octanol–water partition coefficient (Wildman–Crippen LogP) is 4.75. The minimum atomic E-state index is 0.103. The number of carbonyl (C=O) groups is 1. The van der Waals surface area contributed by atoms with Gasteiger partial charge in [0.2, 0.25) is 5.91 Å². The highest BCUT2D eigenvalue weighted by atomic mass is 35.5. The number of fused-ring (bicyclic) bond motifs is 1. The van der Waals surface area contributed by atoms with Crippen LogP contribution >= 0.6 is 24.2 Å². The van der Waals surface area contributed by atoms with Gasteiger partial charge >= 0.3 is 0 Å². The summed E-state index contributed by atoms with van der Waals surface area (Å²) in [5.41, 5.74) is 2.18. The van der Waals surface area contributed by atoms with Crippen LogP contribution in [0.15, 0.2) is 18.2 Å². The maximum atomic E-state index is 12.4. The van der Waals surface area contributed by atoms with Crippen molar-refractivity contribution < 1.29 is 4.79 Å². The Morgan fingerprint density at radius 2 is 1.95 bits per heavy atom. The van der Waals surface area contributed by atoms with Crippen LogP contribution in [0.4, 0.5) is 5.69 Å². The zero-order valence-electron chi connectivity index (χ0n) is 12.9. The molecule has 21 heavy (non-hydrogen) atoms. The normalized spacial score (nSPS) is 14.7. The van der Waals surface area contributed by atoms with Crippen molar-refractivity contribution in [3.8, 4) is 0 Å². The molecule has 1 aliphatic rings. The first-order chi connectivity index (χ1) is 10.0. The van der Waals surface area contributed by atoms with Crippen molar-refractivity contribution in [3.05, 3.63) is 28.8 Å². The van der Waals surface area contributed by atoms with Crippen LogP contribution in [0.25, 0.3) is 0 Å². The molecular weight excluding hydrogens is 302 g/mol. The van der Waals surface area contributed by atoms with E-state index in [1.807, 2.05) is 23.1 Å². The lowest BCUT2D eigenvalue weighted by Gasteiger charge is -2.36. The summed E-state index contributed by atoms with van der Waals surface area (Å²) in [5, 5.41) is 0.691. The molecule has 0 fully saturated rings. The molecule has 1 amide bonds. The highest BCUT2D eigenvalue weighted by Crippen LogP contribution is 2.38. The summed E-state index contributed by atoms with van der Waals surface area (Å²) in [6, 6.07) is 5.75. The topological polar surface area (TPSA) is 20.3 Å². The lowest BCUT2D eigenvalue weighted by molar-refractivity contribution is -0.117. The molecule has 0 atom stereocenters. The molecule has 4 heteroatoms. The Labute approximate surface area is 138 Å². The average molecular weight is 326 g/mol. The molecule has 0 N–H and O–H groups in total. The summed E-state index contributed by atoms with van der Waals surface area (Å²) < 4.78 is 0. The van der Waals surface area contributed by atoms with Crippen LogP contribution in [0, 0.1) is 5.41 Å². The van der Waals surface area contributed by atoms with Gasteiger partial charge in [0, 0.05) is 17.3 Å². The van der Waals surface area contributed by atoms with Crippen LogP contribution in [0.5, 0.6) is 0 Å². The molecule has 1 aromatic carbocycles. The number of rotatable bonds is 7. The first-order valence-corrected chi connectivity index (χ1v) is 8.76. The van der Waals surface area contributed by atoms with Gasteiger partial charge in [0.25, 0.3) is 0 Å². The Hall–Kier alpha value is -0.670. The third kappa shape index (κ3) is 3.57. The summed E-state index contributed by atoms with van der Waals surface area (Å²) >= 11 is 10.7. The van der Waals surface area contributed by atoms with Crippen LogP contribution in [-0.4, -0.2) is 18.2 Å². The van der Waals surface area contributed by atoms with Crippen LogP contribution in [0.2, 0.25) is 5.02 Å². The molecule has 1 aromatic rings. The van der Waals surface area contributed by atoms with Crippen molar-refractivity contribution >= 4 is 35.8 Å². The third-order valence-corrected chi connectivity index (χ3v) is 5.28. The number of thiol groups is 1. The third-order valence-electron chi connectivity index (χ3n) is 4.37. The predicted molar refractivity (Wildman–Crippen MR) is 93.6 cm³/mol. The molecule has 0 saturated carbocycles. The zero-order valence-corrected chi connectivity index (χ0v) is 14.5. The maximum absolute atomic E-state index is 12.4. The van der Waals surface area contributed by atoms with Gasteiger partial charge in [-0.1, -0.05) is 44.4 Å². The summed E-state index contributed by atoms with van der Waals surface area (Å²) in [6.07, 6.45) is 4.93. The van der Waals surface area contributed by atoms with Crippen LogP contribution in [0.3, 0.4) is 0 Å². The van der Waals surface area contributed by atoms with Crippen LogP contribution in [0.1, 0.15) is 45.1 Å². The standard InChI is InChI=1S/C17H24ClNOS/c1-3-7-17(12-21,8-4-2)11-19-15-10-14(18)6-5-13(15)9-16(19)20/h5-6,10,21H,3-4,7-9,11-12H2,1-2H3. The van der Waals surface area contributed by atoms with Crippen LogP contribution in [-0.2, 0) is 11.2 Å². The Morgan fingerprint density at radius 3 is 2.52 bits per heavy atom. The molecule has 0 spiro atoms. The molecule has 0 bridgehead atoms. The second-order valence-corrected chi connectivity index (χ2v) is 6.84. The molecule has 0 aliphatic carbocycles. The Balaban J connectivity index is 2.29. The molecule has 0 aromatic heterocycles. The van der Waals surface area contributed by atoms with Crippen molar-refractivity contribution in [2.24, 2.45) is 5.41 Å². The smallest absolute Gasteiger partial charge is 0.231 e. The maximum Gasteiger partial charge on any atom is 0.231 e. The number of benzene rings is 1. The number of hydrogen-bond donors (Lipinski definition) is 1. The lowest BCUT2D eigenvalue weighted by Crippen LogP contribution is -2.41. The zero-order chi connectivity index (χ0) is 15.5. The van der Waals surface area contributed by atoms with Gasteiger partial charge in [0.05, 0.1) is 6.42 Å². The fourth-order valence-corrected chi connectivity index (χ4v) is 3.97. The summed E-state index contributed by atoms with van der Waals surface area (Å²) in [4.78, 5) is 14.3. The van der Waals surface area contributed by atoms with Gasteiger partial charge in [-0.15, -0.1) is 0 Å². The van der Waals surface area contributed by atoms with E-state index < -0.39 is 0 Å². The van der Waals surface area contributed by atoms with E-state index in [-0.39, 0.29) is 11.3 Å². The minimum absolute atomic E-state index is 0.103. The molecule has 0 radical (unpaired) electrons. The number of amides is 1. The van der Waals surface area contributed by atoms with Gasteiger partial charge in [-0.2, -0.15) is 12.6 Å². The van der Waals surface area contributed by atoms with E-state index in [0.717, 1.165) is 49.2 Å². The second kappa shape index (κ2) is 7.06. The van der Waals surface area contributed by atoms with Crippen molar-refractivity contribution in [3.63, 3.8) is 0 Å². The van der Waals surface area contributed by atoms with Gasteiger partial charge in [0.1, 0.15) is 0 Å². The van der Waals surface area contributed by atoms with Crippen LogP contribution < -0.4 is 4.90 Å². The lowest BCUT2D eigenvalue weighted by atomic mass is 9.80. The first-order valence-electron chi connectivity index (χ1n) is 7.75. The van der Waals surface area contributed by atoms with E-state index in [1.165, 1.54) is 0 Å². The summed E-state index contributed by atoms with van der Waals surface area (Å²) in [6.45, 7) is 5.15. The molecule has 1 heterocycles. The van der Waals surface area contributed by atoms with Gasteiger partial charge in [-0.25, -0.2) is 0 Å². The first kappa shape index (κ1) is 16.7. The van der Waals surface area contributed by atoms with Gasteiger partial charge in [-0.3, -0.25) is 4.79 Å². The van der Waals surface area contributed by atoms with E-state index in [1.54, 1.807) is 0 Å². The monoisotopic (exact) mass is 325 g/mol. The van der Waals surface area contributed by atoms with E-state index in [0.29, 0.717) is 11.4 Å². The summed E-state index contributed by atoms with van der Waals surface area (Å²) in [7, 11) is 0. The quantitative estimate of drug-likeness (QED) is 0.717. The SMILES string of the molecule is CCCC(CS)(CCC)CN1C(=O)Cc2ccc(Cl)cc21. The Bertz CT molecular complexity index is 512. The second-order valence-electron chi connectivity index (χ2n) is 6.09. The van der Waals surface area contributed by atoms with Gasteiger partial charge < -0.3 is 4.90 Å². The van der Waals surface area contributed by atoms with E-state index in [9.17, 15) is 4.79 Å². The number of carbonyl (C=O) groups excluding carboxylic acids is 1. The number of nitrogens with zero attached hydrogens (tertiary/aromatic N) is 1. The van der Waals surface area contributed by atoms with Crippen molar-refractivity contribution in [1.82, 2.24) is 0 Å². The largest absolute Gasteiger partial charge is 0.311 e. The van der Waals surface area contributed by atoms with Crippen molar-refractivity contribution in [1.29, 1.82) is 0 Å². The highest BCUT2D eigenvalue weighted by molar-refractivity contribution is 7.80. The van der Waals surface area contributed by atoms with E-state index in [4.69, 9.17) is 11.6 Å². The fraction of sp³-hybridized carbons (Fsp3) is 0.588. The van der Waals surface area contributed by atoms with Gasteiger partial charge in [-0.05, 0) is 41.7 Å². The summed E-state index contributed by atoms with van der Waals surface area (Å²) in [5.74, 6) is 1.000. The fourth-order valence-electron chi connectivity index (χ4n) is 3.39. The molecular formula is C17H24ClNOS. The number of halogens is 1. The molecule has 0 saturated heterocycles. The number of anilines is 1. The Morgan fingerprint density at radius 1 is 1.29 bits per heavy atom. The van der Waals surface area contributed by atoms with E-state index in [2.05, 4.69) is 26.5 Å². The highest BCUT2D eigenvalue weighted by Gasteiger charge is 2.35. The molecule has 1 aliphatic heterocycles. The molecule has 0 unspecified atom stereocenters. The molecule has 116 valence electrons.